The lowest BCUT2D eigenvalue weighted by atomic mass is 10.0. The van der Waals surface area contributed by atoms with Gasteiger partial charge in [-0.3, -0.25) is 13.9 Å². The number of alkyl halides is 2. The van der Waals surface area contributed by atoms with Crippen LogP contribution in [-0.4, -0.2) is 56.4 Å². The number of fused-ring (bicyclic) bond motifs is 1. The monoisotopic (exact) mass is 523 g/mol. The number of halogens is 2. The number of imidazole rings is 1. The molecule has 38 heavy (non-hydrogen) atoms. The number of nitrogens with one attached hydrogen (secondary N) is 2. The Morgan fingerprint density at radius 3 is 2.87 bits per heavy atom. The van der Waals surface area contributed by atoms with Crippen LogP contribution >= 0.6 is 0 Å². The average Bonchev–Trinajstić information content (AvgIpc) is 3.53. The molecule has 3 heterocycles. The van der Waals surface area contributed by atoms with Crippen LogP contribution in [-0.2, 0) is 17.7 Å². The van der Waals surface area contributed by atoms with Gasteiger partial charge in [0.1, 0.15) is 12.2 Å². The first kappa shape index (κ1) is 26.6. The predicted molar refractivity (Wildman–Crippen MR) is 136 cm³/mol. The number of hydrogen-bond acceptors (Lipinski definition) is 8. The van der Waals surface area contributed by atoms with Crippen molar-refractivity contribution in [3.63, 3.8) is 0 Å². The molecule has 0 saturated carbocycles. The summed E-state index contributed by atoms with van der Waals surface area (Å²) in [6, 6.07) is 7.24. The molecule has 0 aliphatic carbocycles. The van der Waals surface area contributed by atoms with E-state index in [1.165, 1.54) is 23.3 Å². The highest BCUT2D eigenvalue weighted by atomic mass is 19.3. The molecular weight excluding hydrogens is 496 g/mol. The Kier molecular flexibility index (Phi) is 8.57. The van der Waals surface area contributed by atoms with Crippen molar-refractivity contribution in [2.45, 2.75) is 26.3 Å². The third-order valence-electron chi connectivity index (χ3n) is 5.72. The second-order valence-electron chi connectivity index (χ2n) is 8.20. The molecule has 11 nitrogen and oxygen atoms in total. The van der Waals surface area contributed by atoms with Crippen LogP contribution in [0.1, 0.15) is 35.0 Å². The van der Waals surface area contributed by atoms with Crippen molar-refractivity contribution < 1.29 is 18.3 Å². The summed E-state index contributed by atoms with van der Waals surface area (Å²) >= 11 is 0. The normalized spacial score (nSPS) is 11.2. The number of amides is 1. The van der Waals surface area contributed by atoms with Crippen molar-refractivity contribution >= 4 is 23.1 Å². The highest BCUT2D eigenvalue weighted by molar-refractivity contribution is 5.96. The van der Waals surface area contributed by atoms with Crippen LogP contribution in [0.15, 0.2) is 43.0 Å². The molecule has 4 aromatic rings. The Bertz CT molecular complexity index is 1460. The third-order valence-corrected chi connectivity index (χ3v) is 5.72. The number of nitrogens with zero attached hydrogens (tertiary/aromatic N) is 6. The molecule has 0 bridgehead atoms. The van der Waals surface area contributed by atoms with Gasteiger partial charge in [0, 0.05) is 48.5 Å². The van der Waals surface area contributed by atoms with Crippen LogP contribution in [0.5, 0.6) is 0 Å². The number of carbonyl (C=O) groups is 1. The summed E-state index contributed by atoms with van der Waals surface area (Å²) in [4.78, 5) is 21.4. The van der Waals surface area contributed by atoms with Crippen LogP contribution in [0.4, 0.5) is 20.3 Å². The number of anilines is 2. The molecule has 198 valence electrons. The van der Waals surface area contributed by atoms with Crippen LogP contribution in [0.25, 0.3) is 16.9 Å². The molecule has 0 spiro atoms. The summed E-state index contributed by atoms with van der Waals surface area (Å²) in [5.41, 5.74) is 8.01. The van der Waals surface area contributed by atoms with Gasteiger partial charge in [-0.05, 0) is 30.2 Å². The molecule has 0 aliphatic rings. The first-order valence-electron chi connectivity index (χ1n) is 12.0. The van der Waals surface area contributed by atoms with Gasteiger partial charge < -0.3 is 21.1 Å². The summed E-state index contributed by atoms with van der Waals surface area (Å²) in [6.07, 6.45) is 3.81. The lowest BCUT2D eigenvalue weighted by Crippen LogP contribution is -2.28. The molecule has 1 amide bonds. The minimum Gasteiger partial charge on any atom is -0.378 e. The summed E-state index contributed by atoms with van der Waals surface area (Å²) in [7, 11) is 0. The zero-order chi connectivity index (χ0) is 27.1. The van der Waals surface area contributed by atoms with Crippen molar-refractivity contribution in [3.05, 3.63) is 59.8 Å². The molecule has 13 heteroatoms. The fourth-order valence-corrected chi connectivity index (χ4v) is 3.99. The summed E-state index contributed by atoms with van der Waals surface area (Å²) < 4.78 is 35.4. The number of carbonyl (C=O) groups excluding carboxylic acids is 1. The van der Waals surface area contributed by atoms with E-state index in [9.17, 15) is 13.6 Å². The second-order valence-corrected chi connectivity index (χ2v) is 8.20. The number of aromatic nitrogens is 5. The number of nitrogens with two attached hydrogens (primary N) is 1. The molecule has 3 aromatic heterocycles. The Morgan fingerprint density at radius 1 is 1.29 bits per heavy atom. The lowest BCUT2D eigenvalue weighted by Gasteiger charge is -2.13. The van der Waals surface area contributed by atoms with Crippen molar-refractivity contribution in [2.75, 3.05) is 31.6 Å². The van der Waals surface area contributed by atoms with E-state index in [1.807, 2.05) is 19.1 Å². The number of ether oxygens (including phenoxy) is 1. The third kappa shape index (κ3) is 5.77. The van der Waals surface area contributed by atoms with Gasteiger partial charge in [0.05, 0.1) is 31.2 Å². The van der Waals surface area contributed by atoms with E-state index in [1.54, 1.807) is 22.7 Å². The first-order chi connectivity index (χ1) is 18.5. The van der Waals surface area contributed by atoms with Crippen LogP contribution < -0.4 is 16.4 Å². The minimum absolute atomic E-state index is 0.152. The topological polar surface area (TPSA) is 148 Å². The molecule has 4 N–H and O–H groups in total. The molecule has 0 fully saturated rings. The number of aryl methyl sites for hydroxylation is 1. The summed E-state index contributed by atoms with van der Waals surface area (Å²) in [5.74, 6) is 0.202. The van der Waals surface area contributed by atoms with E-state index in [0.29, 0.717) is 61.1 Å². The molecule has 0 radical (unpaired) electrons. The van der Waals surface area contributed by atoms with E-state index < -0.39 is 12.1 Å². The Labute approximate surface area is 217 Å². The van der Waals surface area contributed by atoms with Gasteiger partial charge >= 0.3 is 0 Å². The number of hydrogen-bond donors (Lipinski definition) is 3. The Morgan fingerprint density at radius 2 is 2.13 bits per heavy atom. The summed E-state index contributed by atoms with van der Waals surface area (Å²) in [5, 5.41) is 18.8. The van der Waals surface area contributed by atoms with E-state index in [0.717, 1.165) is 5.56 Å². The van der Waals surface area contributed by atoms with E-state index in [4.69, 9.17) is 15.7 Å². The van der Waals surface area contributed by atoms with Crippen molar-refractivity contribution in [1.82, 2.24) is 29.5 Å². The number of nitriles is 1. The maximum absolute atomic E-state index is 13.7. The largest absolute Gasteiger partial charge is 0.378 e. The Balaban J connectivity index is 1.58. The molecule has 0 aliphatic heterocycles. The zero-order valence-electron chi connectivity index (χ0n) is 20.7. The smallest absolute Gasteiger partial charge is 0.282 e. The molecule has 0 saturated heterocycles. The lowest BCUT2D eigenvalue weighted by molar-refractivity contribution is 0.0919. The maximum atomic E-state index is 13.7. The molecular formula is C25H27F2N9O2. The average molecular weight is 524 g/mol. The molecule has 0 unspecified atom stereocenters. The fraction of sp³-hybridized carbons (Fsp3) is 0.320. The van der Waals surface area contributed by atoms with Crippen LogP contribution in [0.3, 0.4) is 0 Å². The van der Waals surface area contributed by atoms with E-state index in [2.05, 4.69) is 25.7 Å². The Hall–Kier alpha value is -4.41. The van der Waals surface area contributed by atoms with Crippen LogP contribution in [0, 0.1) is 11.3 Å². The number of rotatable bonds is 12. The highest BCUT2D eigenvalue weighted by Crippen LogP contribution is 2.32. The van der Waals surface area contributed by atoms with Gasteiger partial charge in [0.15, 0.2) is 11.5 Å². The summed E-state index contributed by atoms with van der Waals surface area (Å²) in [6.45, 7) is 3.42. The van der Waals surface area contributed by atoms with Gasteiger partial charge in [-0.1, -0.05) is 6.92 Å². The first-order valence-corrected chi connectivity index (χ1v) is 12.0. The molecule has 4 rings (SSSR count). The second kappa shape index (κ2) is 12.2. The maximum Gasteiger partial charge on any atom is 0.282 e. The molecule has 1 aromatic carbocycles. The SMILES string of the molecule is CCc1cc(Nc2nccn3c(-c4cn(CC#N)nc4C(F)F)cnc23)ccc1C(=O)NCCOCCN. The molecule has 0 atom stereocenters. The number of benzene rings is 1. The fourth-order valence-electron chi connectivity index (χ4n) is 3.99. The van der Waals surface area contributed by atoms with Crippen LogP contribution in [0.2, 0.25) is 0 Å². The van der Waals surface area contributed by atoms with Gasteiger partial charge in [-0.25, -0.2) is 18.7 Å². The van der Waals surface area contributed by atoms with Gasteiger partial charge in [0.2, 0.25) is 0 Å². The van der Waals surface area contributed by atoms with Gasteiger partial charge in [-0.15, -0.1) is 0 Å². The standard InChI is InChI=1S/C25H27F2N9O2/c1-2-16-13-17(3-4-18(16)25(37)31-8-12-38-11-6-29)33-23-24-32-14-20(36(24)10-7-30-23)19-15-35(9-5-28)34-21(19)22(26)27/h3-4,7,10,13-15,22H,2,6,8-9,11-12,29H2,1H3,(H,30,33)(H,31,37). The van der Waals surface area contributed by atoms with E-state index in [-0.39, 0.29) is 18.0 Å². The highest BCUT2D eigenvalue weighted by Gasteiger charge is 2.23. The zero-order valence-corrected chi connectivity index (χ0v) is 20.7. The predicted octanol–water partition coefficient (Wildman–Crippen LogP) is 3.07. The quantitative estimate of drug-likeness (QED) is 0.240. The van der Waals surface area contributed by atoms with Gasteiger partial charge in [-0.2, -0.15) is 10.4 Å². The van der Waals surface area contributed by atoms with E-state index >= 15 is 0 Å². The minimum atomic E-state index is -2.82. The van der Waals surface area contributed by atoms with Gasteiger partial charge in [0.25, 0.3) is 12.3 Å². The van der Waals surface area contributed by atoms with Crippen molar-refractivity contribution in [2.24, 2.45) is 5.73 Å². The van der Waals surface area contributed by atoms with Crippen molar-refractivity contribution in [3.8, 4) is 17.3 Å². The van der Waals surface area contributed by atoms with Crippen molar-refractivity contribution in [1.29, 1.82) is 5.26 Å².